The monoisotopic (exact) mass is 305 g/mol. The molecule has 23 heavy (non-hydrogen) atoms. The van der Waals surface area contributed by atoms with Crippen LogP contribution in [0.2, 0.25) is 0 Å². The van der Waals surface area contributed by atoms with Crippen molar-refractivity contribution in [2.24, 2.45) is 0 Å². The van der Waals surface area contributed by atoms with E-state index in [0.29, 0.717) is 12.2 Å². The number of benzene rings is 1. The first kappa shape index (κ1) is 14.7. The standard InChI is InChI=1S/C18H15N3O2/c22-17(20-12-13-5-4-10-19-11-13)15-8-9-16(21-18(15)23)14-6-2-1-3-7-14/h1-11H,12H2,(H,20,22)(H,21,23). The van der Waals surface area contributed by atoms with Gasteiger partial charge < -0.3 is 10.3 Å². The van der Waals surface area contributed by atoms with Crippen LogP contribution in [0.4, 0.5) is 0 Å². The molecular formula is C18H15N3O2. The highest BCUT2D eigenvalue weighted by molar-refractivity contribution is 5.94. The van der Waals surface area contributed by atoms with Crippen molar-refractivity contribution in [3.8, 4) is 11.3 Å². The summed E-state index contributed by atoms with van der Waals surface area (Å²) in [6.07, 6.45) is 3.33. The van der Waals surface area contributed by atoms with E-state index in [4.69, 9.17) is 0 Å². The van der Waals surface area contributed by atoms with Crippen molar-refractivity contribution < 1.29 is 4.79 Å². The van der Waals surface area contributed by atoms with Gasteiger partial charge in [0, 0.05) is 24.6 Å². The molecule has 1 amide bonds. The smallest absolute Gasteiger partial charge is 0.261 e. The maximum atomic E-state index is 12.1. The number of carbonyl (C=O) groups excluding carboxylic acids is 1. The number of hydrogen-bond donors (Lipinski definition) is 2. The molecule has 1 aromatic carbocycles. The molecular weight excluding hydrogens is 290 g/mol. The van der Waals surface area contributed by atoms with E-state index in [1.165, 1.54) is 0 Å². The van der Waals surface area contributed by atoms with Gasteiger partial charge in [0.2, 0.25) is 0 Å². The summed E-state index contributed by atoms with van der Waals surface area (Å²) in [7, 11) is 0. The second-order valence-electron chi connectivity index (χ2n) is 5.02. The largest absolute Gasteiger partial charge is 0.348 e. The van der Waals surface area contributed by atoms with E-state index in [0.717, 1.165) is 11.1 Å². The van der Waals surface area contributed by atoms with Gasteiger partial charge in [-0.1, -0.05) is 36.4 Å². The maximum absolute atomic E-state index is 12.1. The Kier molecular flexibility index (Phi) is 4.29. The zero-order chi connectivity index (χ0) is 16.1. The fourth-order valence-corrected chi connectivity index (χ4v) is 2.22. The lowest BCUT2D eigenvalue weighted by atomic mass is 10.1. The number of carbonyl (C=O) groups is 1. The van der Waals surface area contributed by atoms with Crippen LogP contribution >= 0.6 is 0 Å². The number of amides is 1. The second kappa shape index (κ2) is 6.70. The van der Waals surface area contributed by atoms with E-state index in [2.05, 4.69) is 15.3 Å². The number of rotatable bonds is 4. The van der Waals surface area contributed by atoms with Gasteiger partial charge in [0.15, 0.2) is 0 Å². The van der Waals surface area contributed by atoms with Gasteiger partial charge in [0.1, 0.15) is 5.56 Å². The topological polar surface area (TPSA) is 74.8 Å². The summed E-state index contributed by atoms with van der Waals surface area (Å²) in [4.78, 5) is 31.0. The van der Waals surface area contributed by atoms with Gasteiger partial charge in [-0.3, -0.25) is 14.6 Å². The van der Waals surface area contributed by atoms with Crippen molar-refractivity contribution in [2.75, 3.05) is 0 Å². The number of nitrogens with one attached hydrogen (secondary N) is 2. The minimum atomic E-state index is -0.408. The van der Waals surface area contributed by atoms with Crippen LogP contribution in [0.15, 0.2) is 71.8 Å². The van der Waals surface area contributed by atoms with E-state index in [9.17, 15) is 9.59 Å². The van der Waals surface area contributed by atoms with Crippen LogP contribution in [0.1, 0.15) is 15.9 Å². The molecule has 2 N–H and O–H groups in total. The molecule has 5 nitrogen and oxygen atoms in total. The minimum absolute atomic E-state index is 0.0913. The molecule has 3 rings (SSSR count). The van der Waals surface area contributed by atoms with Crippen LogP contribution in [0, 0.1) is 0 Å². The molecule has 3 aromatic rings. The third kappa shape index (κ3) is 3.52. The van der Waals surface area contributed by atoms with Gasteiger partial charge >= 0.3 is 0 Å². The molecule has 0 radical (unpaired) electrons. The first-order valence-corrected chi connectivity index (χ1v) is 7.20. The average Bonchev–Trinajstić information content (AvgIpc) is 2.61. The molecule has 0 spiro atoms. The summed E-state index contributed by atoms with van der Waals surface area (Å²) < 4.78 is 0. The van der Waals surface area contributed by atoms with Crippen molar-refractivity contribution in [3.63, 3.8) is 0 Å². The summed E-state index contributed by atoms with van der Waals surface area (Å²) >= 11 is 0. The third-order valence-electron chi connectivity index (χ3n) is 3.41. The van der Waals surface area contributed by atoms with Crippen LogP contribution in [0.5, 0.6) is 0 Å². The zero-order valence-electron chi connectivity index (χ0n) is 12.3. The number of hydrogen-bond acceptors (Lipinski definition) is 3. The van der Waals surface area contributed by atoms with E-state index in [-0.39, 0.29) is 5.56 Å². The Hall–Kier alpha value is -3.21. The summed E-state index contributed by atoms with van der Waals surface area (Å²) in [6.45, 7) is 0.326. The highest BCUT2D eigenvalue weighted by Gasteiger charge is 2.11. The van der Waals surface area contributed by atoms with Gasteiger partial charge in [-0.05, 0) is 29.3 Å². The molecule has 0 aliphatic rings. The fourth-order valence-electron chi connectivity index (χ4n) is 2.22. The number of aromatic nitrogens is 2. The summed E-state index contributed by atoms with van der Waals surface area (Å²) in [6, 6.07) is 16.4. The van der Waals surface area contributed by atoms with Crippen LogP contribution in [-0.4, -0.2) is 15.9 Å². The van der Waals surface area contributed by atoms with Crippen molar-refractivity contribution in [2.45, 2.75) is 6.54 Å². The van der Waals surface area contributed by atoms with Crippen LogP contribution in [-0.2, 0) is 6.54 Å². The predicted molar refractivity (Wildman–Crippen MR) is 87.9 cm³/mol. The molecule has 114 valence electrons. The molecule has 0 fully saturated rings. The van der Waals surface area contributed by atoms with Gasteiger partial charge in [-0.15, -0.1) is 0 Å². The van der Waals surface area contributed by atoms with Crippen LogP contribution in [0.3, 0.4) is 0 Å². The number of pyridine rings is 2. The van der Waals surface area contributed by atoms with Crippen molar-refractivity contribution in [1.29, 1.82) is 0 Å². The van der Waals surface area contributed by atoms with Crippen LogP contribution in [0.25, 0.3) is 11.3 Å². The highest BCUT2D eigenvalue weighted by atomic mass is 16.2. The minimum Gasteiger partial charge on any atom is -0.348 e. The number of aromatic amines is 1. The number of H-pyrrole nitrogens is 1. The zero-order valence-corrected chi connectivity index (χ0v) is 12.3. The first-order chi connectivity index (χ1) is 11.2. The number of nitrogens with zero attached hydrogens (tertiary/aromatic N) is 1. The Bertz CT molecular complexity index is 858. The maximum Gasteiger partial charge on any atom is 0.261 e. The Balaban J connectivity index is 1.75. The predicted octanol–water partition coefficient (Wildman–Crippen LogP) is 2.37. The average molecular weight is 305 g/mol. The van der Waals surface area contributed by atoms with E-state index in [1.54, 1.807) is 30.6 Å². The lowest BCUT2D eigenvalue weighted by Gasteiger charge is -2.06. The molecule has 0 aliphatic carbocycles. The summed E-state index contributed by atoms with van der Waals surface area (Å²) in [5.41, 5.74) is 2.13. The highest BCUT2D eigenvalue weighted by Crippen LogP contribution is 2.14. The third-order valence-corrected chi connectivity index (χ3v) is 3.41. The molecule has 0 saturated heterocycles. The SMILES string of the molecule is O=C(NCc1cccnc1)c1ccc(-c2ccccc2)[nH]c1=O. The van der Waals surface area contributed by atoms with Gasteiger partial charge in [-0.2, -0.15) is 0 Å². The first-order valence-electron chi connectivity index (χ1n) is 7.20. The molecule has 0 bridgehead atoms. The van der Waals surface area contributed by atoms with E-state index >= 15 is 0 Å². The van der Waals surface area contributed by atoms with Crippen molar-refractivity contribution in [3.05, 3.63) is 88.5 Å². The normalized spacial score (nSPS) is 10.3. The fraction of sp³-hybridized carbons (Fsp3) is 0.0556. The Morgan fingerprint density at radius 3 is 2.57 bits per heavy atom. The van der Waals surface area contributed by atoms with Crippen molar-refractivity contribution >= 4 is 5.91 Å². The summed E-state index contributed by atoms with van der Waals surface area (Å²) in [5, 5.41) is 2.72. The molecule has 2 heterocycles. The van der Waals surface area contributed by atoms with Crippen LogP contribution < -0.4 is 10.9 Å². The Labute approximate surface area is 133 Å². The quantitative estimate of drug-likeness (QED) is 0.777. The van der Waals surface area contributed by atoms with E-state index in [1.807, 2.05) is 36.4 Å². The lowest BCUT2D eigenvalue weighted by molar-refractivity contribution is 0.0949. The molecule has 0 saturated carbocycles. The molecule has 2 aromatic heterocycles. The molecule has 0 unspecified atom stereocenters. The molecule has 0 atom stereocenters. The second-order valence-corrected chi connectivity index (χ2v) is 5.02. The van der Waals surface area contributed by atoms with Crippen molar-refractivity contribution in [1.82, 2.24) is 15.3 Å². The Morgan fingerprint density at radius 2 is 1.87 bits per heavy atom. The molecule has 5 heteroatoms. The van der Waals surface area contributed by atoms with Gasteiger partial charge in [-0.25, -0.2) is 0 Å². The van der Waals surface area contributed by atoms with E-state index < -0.39 is 11.5 Å². The van der Waals surface area contributed by atoms with Gasteiger partial charge in [0.05, 0.1) is 0 Å². The Morgan fingerprint density at radius 1 is 1.04 bits per heavy atom. The van der Waals surface area contributed by atoms with Gasteiger partial charge in [0.25, 0.3) is 11.5 Å². The lowest BCUT2D eigenvalue weighted by Crippen LogP contribution is -2.29. The molecule has 0 aliphatic heterocycles. The summed E-state index contributed by atoms with van der Waals surface area (Å²) in [5.74, 6) is -0.408.